The summed E-state index contributed by atoms with van der Waals surface area (Å²) in [5.41, 5.74) is 24.1. The first-order chi connectivity index (χ1) is 54.0. The van der Waals surface area contributed by atoms with Crippen LogP contribution in [0.4, 0.5) is 0 Å². The van der Waals surface area contributed by atoms with Crippen molar-refractivity contribution < 1.29 is 41.6 Å². The molecule has 0 radical (unpaired) electrons. The zero-order chi connectivity index (χ0) is 83.6. The van der Waals surface area contributed by atoms with Crippen LogP contribution < -0.4 is 18.3 Å². The Morgan fingerprint density at radius 2 is 0.694 bits per heavy atom. The summed E-state index contributed by atoms with van der Waals surface area (Å²) in [5.74, 6) is -6.64. The first-order valence-electron chi connectivity index (χ1n) is 42.7. The van der Waals surface area contributed by atoms with Crippen LogP contribution in [-0.2, 0) is 34.6 Å². The second-order valence-electron chi connectivity index (χ2n) is 25.8. The second kappa shape index (κ2) is 33.1. The Bertz CT molecular complexity index is 5460. The zero-order valence-corrected chi connectivity index (χ0v) is 58.5. The Labute approximate surface area is 611 Å². The second-order valence-corrected chi connectivity index (χ2v) is 25.8. The van der Waals surface area contributed by atoms with Crippen LogP contribution in [0.1, 0.15) is 171 Å². The average molecular weight is 1310 g/mol. The quantitative estimate of drug-likeness (QED) is 0.102. The molecule has 0 saturated heterocycles. The molecule has 98 heavy (non-hydrogen) atoms. The van der Waals surface area contributed by atoms with Gasteiger partial charge in [-0.2, -0.15) is 0 Å². The van der Waals surface area contributed by atoms with Crippen LogP contribution in [0.2, 0.25) is 0 Å². The highest BCUT2D eigenvalue weighted by Crippen LogP contribution is 2.38. The van der Waals surface area contributed by atoms with E-state index in [2.05, 4.69) is 143 Å². The fourth-order valence-corrected chi connectivity index (χ4v) is 12.9. The number of aromatic nitrogens is 4. The number of rotatable bonds is 13. The minimum absolute atomic E-state index is 0.0494. The maximum absolute atomic E-state index is 8.98. The lowest BCUT2D eigenvalue weighted by molar-refractivity contribution is -0.660. The number of nitrogens with zero attached hydrogens (tertiary/aromatic N) is 4. The molecule has 2 aliphatic rings. The van der Waals surface area contributed by atoms with E-state index < -0.39 is 62.8 Å². The van der Waals surface area contributed by atoms with Gasteiger partial charge in [-0.1, -0.05) is 230 Å². The zero-order valence-electron chi connectivity index (χ0n) is 75.5. The van der Waals surface area contributed by atoms with Gasteiger partial charge in [0.1, 0.15) is 28.2 Å². The Hall–Kier alpha value is -9.64. The maximum atomic E-state index is 8.98. The van der Waals surface area contributed by atoms with Gasteiger partial charge in [-0.3, -0.25) is 0 Å². The van der Waals surface area contributed by atoms with Gasteiger partial charge >= 0.3 is 0 Å². The molecule has 0 amide bonds. The van der Waals surface area contributed by atoms with Gasteiger partial charge in [0.2, 0.25) is 22.8 Å². The third-order valence-electron chi connectivity index (χ3n) is 18.3. The van der Waals surface area contributed by atoms with Crippen molar-refractivity contribution in [3.63, 3.8) is 0 Å². The molecule has 496 valence electrons. The van der Waals surface area contributed by atoms with E-state index in [-0.39, 0.29) is 32.1 Å². The van der Waals surface area contributed by atoms with E-state index in [0.29, 0.717) is 23.1 Å². The highest BCUT2D eigenvalue weighted by Gasteiger charge is 2.22. The molecule has 14 rings (SSSR count). The highest BCUT2D eigenvalue weighted by molar-refractivity contribution is 5.71. The topological polar surface area (TPSA) is 15.5 Å². The van der Waals surface area contributed by atoms with Gasteiger partial charge in [-0.05, 0) is 198 Å². The number of pyridine rings is 4. The van der Waals surface area contributed by atoms with Gasteiger partial charge in [-0.25, -0.2) is 18.3 Å². The highest BCUT2D eigenvalue weighted by atomic mass is 14.9. The molecule has 4 heteroatoms. The van der Waals surface area contributed by atoms with E-state index in [0.717, 1.165) is 78.4 Å². The van der Waals surface area contributed by atoms with E-state index in [9.17, 15) is 0 Å². The summed E-state index contributed by atoms with van der Waals surface area (Å²) >= 11 is 0. The third kappa shape index (κ3) is 17.5. The van der Waals surface area contributed by atoms with Crippen LogP contribution >= 0.6 is 0 Å². The summed E-state index contributed by atoms with van der Waals surface area (Å²) in [6, 6.07) is 79.6. The van der Waals surface area contributed by atoms with Gasteiger partial charge < -0.3 is 0 Å². The van der Waals surface area contributed by atoms with Crippen LogP contribution in [0.5, 0.6) is 0 Å². The van der Waals surface area contributed by atoms with Crippen molar-refractivity contribution in [1.29, 1.82) is 0 Å². The molecule has 0 spiro atoms. The van der Waals surface area contributed by atoms with Crippen molar-refractivity contribution >= 4 is 0 Å². The number of benzene rings is 8. The van der Waals surface area contributed by atoms with Crippen LogP contribution in [0.15, 0.2) is 267 Å². The lowest BCUT2D eigenvalue weighted by atomic mass is 9.83. The van der Waals surface area contributed by atoms with Crippen molar-refractivity contribution in [3.05, 3.63) is 312 Å². The molecule has 2 saturated carbocycles. The van der Waals surface area contributed by atoms with Gasteiger partial charge in [0, 0.05) is 92.1 Å². The summed E-state index contributed by atoms with van der Waals surface area (Å²) in [4.78, 5) is 0. The minimum atomic E-state index is -2.31. The number of hydrogen-bond donors (Lipinski definition) is 0. The molecule has 8 aromatic carbocycles. The molecule has 2 fully saturated rings. The lowest BCUT2D eigenvalue weighted by Crippen LogP contribution is -2.30. The summed E-state index contributed by atoms with van der Waals surface area (Å²) in [6.45, 7) is 7.94. The van der Waals surface area contributed by atoms with E-state index in [4.69, 9.17) is 23.3 Å². The van der Waals surface area contributed by atoms with E-state index in [1.807, 2.05) is 162 Å². The van der Waals surface area contributed by atoms with Gasteiger partial charge in [0.25, 0.3) is 0 Å². The van der Waals surface area contributed by atoms with Crippen LogP contribution in [-0.4, -0.2) is 0 Å². The first-order valence-corrected chi connectivity index (χ1v) is 34.0. The predicted molar refractivity (Wildman–Crippen MR) is 413 cm³/mol. The monoisotopic (exact) mass is 1310 g/mol. The van der Waals surface area contributed by atoms with Crippen molar-refractivity contribution in [1.82, 2.24) is 0 Å². The molecule has 2 aliphatic carbocycles. The lowest BCUT2D eigenvalue weighted by Gasteiger charge is -2.22. The fraction of sp³-hybridized carbons (Fsp3) is 0.277. The van der Waals surface area contributed by atoms with Crippen LogP contribution in [0, 0.1) is 33.6 Å². The van der Waals surface area contributed by atoms with Gasteiger partial charge in [-0.15, -0.1) is 0 Å². The molecular formula is C94H104N4+4. The molecule has 2 atom stereocenters. The van der Waals surface area contributed by atoms with Crippen LogP contribution in [0.25, 0.3) is 89.5 Å². The Morgan fingerprint density at radius 1 is 0.367 bits per heavy atom. The molecule has 0 aliphatic heterocycles. The van der Waals surface area contributed by atoms with Gasteiger partial charge in [0.05, 0.1) is 0 Å². The van der Waals surface area contributed by atoms with Crippen LogP contribution in [0.3, 0.4) is 0 Å². The summed E-state index contributed by atoms with van der Waals surface area (Å²) < 4.78 is 148. The van der Waals surface area contributed by atoms with Gasteiger partial charge in [0.15, 0.2) is 24.8 Å². The summed E-state index contributed by atoms with van der Waals surface area (Å²) in [6.07, 6.45) is 1.63. The maximum Gasteiger partial charge on any atom is 0.212 e. The molecule has 4 heterocycles. The van der Waals surface area contributed by atoms with E-state index in [1.165, 1.54) is 45.9 Å². The average Bonchev–Trinajstić information content (AvgIpc) is 1.69. The smallest absolute Gasteiger partial charge is 0.200 e. The van der Waals surface area contributed by atoms with Crippen molar-refractivity contribution in [3.8, 4) is 89.5 Å². The Morgan fingerprint density at radius 3 is 1.04 bits per heavy atom. The molecule has 0 N–H and O–H groups in total. The SMILES string of the molecule is [2H]C([2H])([2H])C([2H])(C)Cc1cccc(-c2ccc(-c3ccccc3C)[n+](C)c2)c1.[2H]C([2H])C([2H])(C)c1cccc(-c2ccc(-c3ccccc3C)[n+](C)c2)c1.[2H]C1([2H])CCC([2H])([2H])C1([2H])c1cccc(-c2ccc(-c3ccccc3C)[n+](C)c2)c1.[2H]C1([2H])CCCC([2H])([2H])C1([2H])c1cccc(-c2ccc(-c3ccccc3C)[n+](C)c2)c1. The Balaban J connectivity index is 0.000000151. The molecule has 2 unspecified atom stereocenters. The standard InChI is InChI=1S/C25H28N.C24H26N.C23H26N.C22H24N/c1-19-9-6-7-14-24(19)25-16-15-23(18-26(25)2)22-13-8-12-21(17-22)20-10-4-3-5-11-20;1-18-8-3-6-13-23(18)24-15-14-22(17-25(24)2)21-12-7-11-20(16-21)19-9-4-5-10-19;1-17(2)14-19-9-7-10-20(15-19)21-12-13-23(24(4)16-21)22-11-6-5-8-18(22)3;1-16(2)18-9-7-10-19(14-18)20-12-13-22(23(4)15-20)21-11-6-5-8-17(21)3/h6-9,12-18,20H,3-5,10-11H2,1-2H3;3,6-8,11-17,19H,4-5,9-10H2,1-2H3;5-13,15-17H,14H2,1-4H3;5-16H,1-4H3/q4*+1/i10D2,11D2,20D;9D2,10D2,19D;1D3,17D;1D2,16D. The van der Waals surface area contributed by atoms with Crippen molar-refractivity contribution in [2.75, 3.05) is 0 Å². The third-order valence-corrected chi connectivity index (χ3v) is 18.3. The fourth-order valence-electron chi connectivity index (χ4n) is 12.9. The summed E-state index contributed by atoms with van der Waals surface area (Å²) in [7, 11) is 8.06. The molecular weight excluding hydrogens is 1190 g/mol. The normalized spacial score (nSPS) is 19.7. The molecule has 4 aromatic heterocycles. The molecule has 0 bridgehead atoms. The predicted octanol–water partition coefficient (Wildman–Crippen LogP) is 22.6. The largest absolute Gasteiger partial charge is 0.212 e. The first kappa shape index (κ1) is 50.7. The summed E-state index contributed by atoms with van der Waals surface area (Å²) in [5, 5.41) is 0. The van der Waals surface area contributed by atoms with E-state index >= 15 is 0 Å². The van der Waals surface area contributed by atoms with E-state index in [1.54, 1.807) is 43.3 Å². The molecule has 12 aromatic rings. The number of hydrogen-bond acceptors (Lipinski definition) is 0. The van der Waals surface area contributed by atoms with Crippen molar-refractivity contribution in [2.24, 2.45) is 34.1 Å². The number of aryl methyl sites for hydroxylation is 8. The Kier molecular flexibility index (Phi) is 17.1. The minimum Gasteiger partial charge on any atom is -0.200 e. The van der Waals surface area contributed by atoms with Crippen molar-refractivity contribution in [2.45, 2.75) is 137 Å². The molecule has 4 nitrogen and oxygen atoms in total.